The van der Waals surface area contributed by atoms with Gasteiger partial charge < -0.3 is 15.8 Å². The van der Waals surface area contributed by atoms with Gasteiger partial charge in [0, 0.05) is 23.2 Å². The van der Waals surface area contributed by atoms with E-state index >= 15 is 0 Å². The molecule has 0 unspecified atom stereocenters. The number of nitrogens with two attached hydrogens (primary N) is 1. The molecular formula is C14H16N2O2S. The van der Waals surface area contributed by atoms with Crippen molar-refractivity contribution in [1.82, 2.24) is 0 Å². The number of carbonyl (C=O) groups excluding carboxylic acids is 1. The molecule has 19 heavy (non-hydrogen) atoms. The van der Waals surface area contributed by atoms with Crippen LogP contribution >= 0.6 is 11.3 Å². The molecule has 0 aliphatic rings. The number of rotatable bonds is 6. The van der Waals surface area contributed by atoms with Crippen LogP contribution in [0.2, 0.25) is 0 Å². The van der Waals surface area contributed by atoms with Gasteiger partial charge in [-0.3, -0.25) is 4.79 Å². The summed E-state index contributed by atoms with van der Waals surface area (Å²) in [6.07, 6.45) is 0.394. The first-order valence-electron chi connectivity index (χ1n) is 6.03. The summed E-state index contributed by atoms with van der Waals surface area (Å²) >= 11 is 1.58. The largest absolute Gasteiger partial charge is 0.492 e. The molecular weight excluding hydrogens is 260 g/mol. The van der Waals surface area contributed by atoms with Gasteiger partial charge in [0.1, 0.15) is 12.4 Å². The number of thiophene rings is 1. The number of ether oxygens (including phenoxy) is 1. The first-order valence-corrected chi connectivity index (χ1v) is 6.91. The Bertz CT molecular complexity index is 526. The number of hydrogen-bond donors (Lipinski definition) is 2. The van der Waals surface area contributed by atoms with E-state index < -0.39 is 0 Å². The number of carbonyl (C=O) groups is 1. The smallest absolute Gasteiger partial charge is 0.229 e. The minimum absolute atomic E-state index is 0.0292. The van der Waals surface area contributed by atoms with Crippen LogP contribution in [0.15, 0.2) is 41.8 Å². The molecule has 0 atom stereocenters. The summed E-state index contributed by atoms with van der Waals surface area (Å²) in [7, 11) is 0. The third kappa shape index (κ3) is 4.39. The minimum atomic E-state index is -0.0292. The lowest BCUT2D eigenvalue weighted by molar-refractivity contribution is -0.115. The molecule has 0 spiro atoms. The Kier molecular flexibility index (Phi) is 4.94. The maximum absolute atomic E-state index is 11.8. The molecule has 2 aromatic rings. The first-order chi connectivity index (χ1) is 9.28. The van der Waals surface area contributed by atoms with E-state index in [1.54, 1.807) is 17.4 Å². The zero-order valence-electron chi connectivity index (χ0n) is 10.5. The molecule has 100 valence electrons. The van der Waals surface area contributed by atoms with Gasteiger partial charge in [-0.15, -0.1) is 11.3 Å². The highest BCUT2D eigenvalue weighted by atomic mass is 32.1. The third-order valence-corrected chi connectivity index (χ3v) is 3.30. The van der Waals surface area contributed by atoms with Gasteiger partial charge in [-0.1, -0.05) is 12.1 Å². The van der Waals surface area contributed by atoms with Crippen LogP contribution in [-0.2, 0) is 11.2 Å². The Morgan fingerprint density at radius 3 is 2.95 bits per heavy atom. The van der Waals surface area contributed by atoms with Gasteiger partial charge in [0.05, 0.1) is 6.42 Å². The predicted octanol–water partition coefficient (Wildman–Crippen LogP) is 2.27. The predicted molar refractivity (Wildman–Crippen MR) is 77.6 cm³/mol. The van der Waals surface area contributed by atoms with Gasteiger partial charge in [0.15, 0.2) is 0 Å². The number of amides is 1. The highest BCUT2D eigenvalue weighted by Crippen LogP contribution is 2.18. The van der Waals surface area contributed by atoms with Gasteiger partial charge in [-0.05, 0) is 23.6 Å². The number of anilines is 1. The van der Waals surface area contributed by atoms with Gasteiger partial charge in [-0.25, -0.2) is 0 Å². The normalized spacial score (nSPS) is 10.2. The van der Waals surface area contributed by atoms with Crippen molar-refractivity contribution in [3.05, 3.63) is 46.7 Å². The molecule has 2 rings (SSSR count). The lowest BCUT2D eigenvalue weighted by atomic mass is 10.2. The van der Waals surface area contributed by atoms with Crippen LogP contribution in [0.25, 0.3) is 0 Å². The molecule has 0 fully saturated rings. The van der Waals surface area contributed by atoms with E-state index in [4.69, 9.17) is 10.5 Å². The summed E-state index contributed by atoms with van der Waals surface area (Å²) in [4.78, 5) is 12.9. The molecule has 0 saturated heterocycles. The summed E-state index contributed by atoms with van der Waals surface area (Å²) < 4.78 is 5.41. The molecule has 0 aliphatic carbocycles. The number of hydrogen-bond acceptors (Lipinski definition) is 4. The monoisotopic (exact) mass is 276 g/mol. The molecule has 1 heterocycles. The Morgan fingerprint density at radius 2 is 2.21 bits per heavy atom. The molecule has 0 bridgehead atoms. The van der Waals surface area contributed by atoms with Crippen LogP contribution in [0.3, 0.4) is 0 Å². The molecule has 4 nitrogen and oxygen atoms in total. The number of benzene rings is 1. The lowest BCUT2D eigenvalue weighted by Gasteiger charge is -2.08. The Balaban J connectivity index is 1.92. The van der Waals surface area contributed by atoms with Gasteiger partial charge in [-0.2, -0.15) is 0 Å². The maximum atomic E-state index is 11.8. The van der Waals surface area contributed by atoms with Crippen molar-refractivity contribution < 1.29 is 9.53 Å². The fourth-order valence-electron chi connectivity index (χ4n) is 1.62. The van der Waals surface area contributed by atoms with E-state index in [2.05, 4.69) is 5.32 Å². The zero-order valence-corrected chi connectivity index (χ0v) is 11.3. The molecule has 1 amide bonds. The van der Waals surface area contributed by atoms with Crippen molar-refractivity contribution in [2.24, 2.45) is 5.73 Å². The SMILES string of the molecule is NCCOc1cccc(NC(=O)Cc2cccs2)c1. The van der Waals surface area contributed by atoms with Crippen LogP contribution in [0.4, 0.5) is 5.69 Å². The quantitative estimate of drug-likeness (QED) is 0.850. The van der Waals surface area contributed by atoms with Crippen molar-refractivity contribution in [3.8, 4) is 5.75 Å². The molecule has 1 aromatic carbocycles. The van der Waals surface area contributed by atoms with E-state index in [1.165, 1.54) is 0 Å². The Morgan fingerprint density at radius 1 is 1.32 bits per heavy atom. The van der Waals surface area contributed by atoms with Crippen LogP contribution in [-0.4, -0.2) is 19.1 Å². The summed E-state index contributed by atoms with van der Waals surface area (Å²) in [6.45, 7) is 0.932. The first kappa shape index (κ1) is 13.6. The van der Waals surface area contributed by atoms with Gasteiger partial charge in [0.2, 0.25) is 5.91 Å². The lowest BCUT2D eigenvalue weighted by Crippen LogP contribution is -2.14. The van der Waals surface area contributed by atoms with Crippen LogP contribution < -0.4 is 15.8 Å². The highest BCUT2D eigenvalue weighted by molar-refractivity contribution is 7.10. The topological polar surface area (TPSA) is 64.3 Å². The summed E-state index contributed by atoms with van der Waals surface area (Å²) in [5.74, 6) is 0.679. The second-order valence-electron chi connectivity index (χ2n) is 3.97. The third-order valence-electron chi connectivity index (χ3n) is 2.42. The molecule has 0 saturated carbocycles. The van der Waals surface area contributed by atoms with E-state index in [-0.39, 0.29) is 5.91 Å². The Labute approximate surface area is 116 Å². The second kappa shape index (κ2) is 6.92. The van der Waals surface area contributed by atoms with Crippen molar-refractivity contribution in [2.75, 3.05) is 18.5 Å². The van der Waals surface area contributed by atoms with Crippen molar-refractivity contribution in [3.63, 3.8) is 0 Å². The van der Waals surface area contributed by atoms with E-state index in [1.807, 2.05) is 35.7 Å². The molecule has 0 radical (unpaired) electrons. The average Bonchev–Trinajstić information content (AvgIpc) is 2.89. The summed E-state index contributed by atoms with van der Waals surface area (Å²) in [5.41, 5.74) is 6.11. The summed E-state index contributed by atoms with van der Waals surface area (Å²) in [5, 5.41) is 4.82. The van der Waals surface area contributed by atoms with Crippen molar-refractivity contribution in [1.29, 1.82) is 0 Å². The standard InChI is InChI=1S/C14H16N2O2S/c15-6-7-18-12-4-1-3-11(9-12)16-14(17)10-13-5-2-8-19-13/h1-5,8-9H,6-7,10,15H2,(H,16,17). The summed E-state index contributed by atoms with van der Waals surface area (Å²) in [6, 6.07) is 11.2. The number of nitrogens with one attached hydrogen (secondary N) is 1. The molecule has 0 aliphatic heterocycles. The zero-order chi connectivity index (χ0) is 13.5. The van der Waals surface area contributed by atoms with Crippen LogP contribution in [0.5, 0.6) is 5.75 Å². The molecule has 5 heteroatoms. The fourth-order valence-corrected chi connectivity index (χ4v) is 2.32. The highest BCUT2D eigenvalue weighted by Gasteiger charge is 2.05. The minimum Gasteiger partial charge on any atom is -0.492 e. The Hall–Kier alpha value is -1.85. The fraction of sp³-hybridized carbons (Fsp3) is 0.214. The van der Waals surface area contributed by atoms with Gasteiger partial charge >= 0.3 is 0 Å². The van der Waals surface area contributed by atoms with Crippen molar-refractivity contribution >= 4 is 22.9 Å². The molecule has 1 aromatic heterocycles. The van der Waals surface area contributed by atoms with Gasteiger partial charge in [0.25, 0.3) is 0 Å². The van der Waals surface area contributed by atoms with E-state index in [9.17, 15) is 4.79 Å². The van der Waals surface area contributed by atoms with E-state index in [0.29, 0.717) is 25.3 Å². The second-order valence-corrected chi connectivity index (χ2v) is 5.00. The van der Waals surface area contributed by atoms with E-state index in [0.717, 1.165) is 10.6 Å². The van der Waals surface area contributed by atoms with Crippen LogP contribution in [0.1, 0.15) is 4.88 Å². The van der Waals surface area contributed by atoms with Crippen molar-refractivity contribution in [2.45, 2.75) is 6.42 Å². The average molecular weight is 276 g/mol. The molecule has 3 N–H and O–H groups in total. The maximum Gasteiger partial charge on any atom is 0.229 e. The van der Waals surface area contributed by atoms with Crippen LogP contribution in [0, 0.1) is 0 Å².